The number of carbonyl (C=O) groups excluding carboxylic acids is 1. The second kappa shape index (κ2) is 7.18. The van der Waals surface area contributed by atoms with Crippen LogP contribution in [0.4, 0.5) is 13.2 Å². The minimum Gasteiger partial charge on any atom is -0.475 e. The maximum Gasteiger partial charge on any atom is 0.417 e. The van der Waals surface area contributed by atoms with Crippen LogP contribution in [0.3, 0.4) is 0 Å². The first kappa shape index (κ1) is 19.2. The van der Waals surface area contributed by atoms with Gasteiger partial charge in [0.1, 0.15) is 24.7 Å². The van der Waals surface area contributed by atoms with Crippen molar-refractivity contribution in [3.63, 3.8) is 0 Å². The van der Waals surface area contributed by atoms with Crippen molar-refractivity contribution in [1.29, 1.82) is 0 Å². The Balaban J connectivity index is 1.58. The Hall–Kier alpha value is -2.62. The number of imidazole rings is 1. The SMILES string of the molecule is CC(C)(COc1ccc(C(F)(F)F)cn1)NC(=O)c1cn2c(n1)COCC2. The first-order chi connectivity index (χ1) is 12.6. The fourth-order valence-electron chi connectivity index (χ4n) is 2.49. The summed E-state index contributed by atoms with van der Waals surface area (Å²) in [6, 6.07) is 2.04. The summed E-state index contributed by atoms with van der Waals surface area (Å²) in [7, 11) is 0. The molecule has 1 aliphatic rings. The molecule has 0 bridgehead atoms. The van der Waals surface area contributed by atoms with Crippen molar-refractivity contribution in [3.05, 3.63) is 41.6 Å². The number of fused-ring (bicyclic) bond motifs is 1. The Kier molecular flexibility index (Phi) is 5.09. The predicted octanol–water partition coefficient (Wildman–Crippen LogP) is 2.41. The highest BCUT2D eigenvalue weighted by atomic mass is 19.4. The van der Waals surface area contributed by atoms with Crippen molar-refractivity contribution >= 4 is 5.91 Å². The topological polar surface area (TPSA) is 78.3 Å². The number of nitrogens with zero attached hydrogens (tertiary/aromatic N) is 3. The molecule has 3 rings (SSSR count). The van der Waals surface area contributed by atoms with E-state index in [9.17, 15) is 18.0 Å². The second-order valence-electron chi connectivity index (χ2n) is 6.80. The maximum atomic E-state index is 12.5. The number of aromatic nitrogens is 3. The zero-order valence-electron chi connectivity index (χ0n) is 14.8. The number of halogens is 3. The van der Waals surface area contributed by atoms with Gasteiger partial charge in [0, 0.05) is 25.0 Å². The van der Waals surface area contributed by atoms with Gasteiger partial charge in [-0.2, -0.15) is 13.2 Å². The van der Waals surface area contributed by atoms with Gasteiger partial charge in [0.05, 0.1) is 17.7 Å². The maximum absolute atomic E-state index is 12.5. The summed E-state index contributed by atoms with van der Waals surface area (Å²) in [5, 5.41) is 2.80. The number of amides is 1. The van der Waals surface area contributed by atoms with E-state index in [4.69, 9.17) is 9.47 Å². The van der Waals surface area contributed by atoms with E-state index in [2.05, 4.69) is 15.3 Å². The molecule has 0 aliphatic carbocycles. The highest BCUT2D eigenvalue weighted by molar-refractivity contribution is 5.92. The van der Waals surface area contributed by atoms with Crippen LogP contribution in [0.25, 0.3) is 0 Å². The summed E-state index contributed by atoms with van der Waals surface area (Å²) in [5.74, 6) is 0.361. The van der Waals surface area contributed by atoms with Crippen molar-refractivity contribution in [2.75, 3.05) is 13.2 Å². The fourth-order valence-corrected chi connectivity index (χ4v) is 2.49. The number of alkyl halides is 3. The van der Waals surface area contributed by atoms with Crippen LogP contribution < -0.4 is 10.1 Å². The van der Waals surface area contributed by atoms with E-state index in [0.29, 0.717) is 31.8 Å². The minimum atomic E-state index is -4.45. The molecule has 3 heterocycles. The number of pyridine rings is 1. The van der Waals surface area contributed by atoms with E-state index in [1.54, 1.807) is 20.0 Å². The van der Waals surface area contributed by atoms with Crippen molar-refractivity contribution in [3.8, 4) is 5.88 Å². The van der Waals surface area contributed by atoms with Gasteiger partial charge >= 0.3 is 6.18 Å². The molecule has 27 heavy (non-hydrogen) atoms. The minimum absolute atomic E-state index is 0.0216. The molecule has 10 heteroatoms. The molecule has 1 amide bonds. The lowest BCUT2D eigenvalue weighted by molar-refractivity contribution is -0.137. The molecule has 0 aromatic carbocycles. The molecule has 0 fully saturated rings. The largest absolute Gasteiger partial charge is 0.475 e. The summed E-state index contributed by atoms with van der Waals surface area (Å²) >= 11 is 0. The smallest absolute Gasteiger partial charge is 0.417 e. The average molecular weight is 384 g/mol. The van der Waals surface area contributed by atoms with Gasteiger partial charge in [-0.3, -0.25) is 4.79 Å². The first-order valence-corrected chi connectivity index (χ1v) is 8.26. The van der Waals surface area contributed by atoms with Crippen LogP contribution in [-0.4, -0.2) is 39.2 Å². The molecular weight excluding hydrogens is 365 g/mol. The highest BCUT2D eigenvalue weighted by Crippen LogP contribution is 2.29. The molecule has 0 radical (unpaired) electrons. The number of carbonyl (C=O) groups is 1. The summed E-state index contributed by atoms with van der Waals surface area (Å²) < 4.78 is 50.2. The number of hydrogen-bond donors (Lipinski definition) is 1. The molecule has 0 unspecified atom stereocenters. The van der Waals surface area contributed by atoms with Gasteiger partial charge in [0.2, 0.25) is 5.88 Å². The van der Waals surface area contributed by atoms with Crippen LogP contribution in [0, 0.1) is 0 Å². The molecular formula is C17H19F3N4O3. The van der Waals surface area contributed by atoms with Gasteiger partial charge in [-0.1, -0.05) is 0 Å². The predicted molar refractivity (Wildman–Crippen MR) is 88.2 cm³/mol. The van der Waals surface area contributed by atoms with E-state index in [0.717, 1.165) is 12.1 Å². The van der Waals surface area contributed by atoms with Crippen LogP contribution in [0.15, 0.2) is 24.5 Å². The van der Waals surface area contributed by atoms with Crippen molar-refractivity contribution in [2.45, 2.75) is 38.7 Å². The second-order valence-corrected chi connectivity index (χ2v) is 6.80. The van der Waals surface area contributed by atoms with Crippen molar-refractivity contribution in [1.82, 2.24) is 19.9 Å². The van der Waals surface area contributed by atoms with Crippen LogP contribution in [-0.2, 0) is 24.1 Å². The molecule has 7 nitrogen and oxygen atoms in total. The van der Waals surface area contributed by atoms with Gasteiger partial charge < -0.3 is 19.4 Å². The van der Waals surface area contributed by atoms with Crippen LogP contribution in [0.5, 0.6) is 5.88 Å². The van der Waals surface area contributed by atoms with Crippen LogP contribution in [0.1, 0.15) is 35.7 Å². The zero-order chi connectivity index (χ0) is 19.7. The number of hydrogen-bond acceptors (Lipinski definition) is 5. The van der Waals surface area contributed by atoms with Gasteiger partial charge in [-0.25, -0.2) is 9.97 Å². The average Bonchev–Trinajstić information content (AvgIpc) is 3.04. The first-order valence-electron chi connectivity index (χ1n) is 8.26. The summed E-state index contributed by atoms with van der Waals surface area (Å²) in [6.07, 6.45) is -2.08. The third-order valence-electron chi connectivity index (χ3n) is 3.90. The monoisotopic (exact) mass is 384 g/mol. The normalized spacial score (nSPS) is 14.6. The summed E-state index contributed by atoms with van der Waals surface area (Å²) in [6.45, 7) is 5.06. The Labute approximate surface area is 153 Å². The van der Waals surface area contributed by atoms with E-state index in [-0.39, 0.29) is 24.1 Å². The number of ether oxygens (including phenoxy) is 2. The summed E-state index contributed by atoms with van der Waals surface area (Å²) in [5.41, 5.74) is -1.37. The molecule has 146 valence electrons. The molecule has 0 saturated carbocycles. The Morgan fingerprint density at radius 3 is 2.78 bits per heavy atom. The molecule has 0 saturated heterocycles. The van der Waals surface area contributed by atoms with E-state index in [1.807, 2.05) is 4.57 Å². The van der Waals surface area contributed by atoms with E-state index in [1.165, 1.54) is 0 Å². The fraction of sp³-hybridized carbons (Fsp3) is 0.471. The van der Waals surface area contributed by atoms with E-state index < -0.39 is 17.3 Å². The molecule has 2 aromatic heterocycles. The third-order valence-corrected chi connectivity index (χ3v) is 3.90. The van der Waals surface area contributed by atoms with Gasteiger partial charge in [-0.15, -0.1) is 0 Å². The Bertz CT molecular complexity index is 792. The number of nitrogens with one attached hydrogen (secondary N) is 1. The third kappa shape index (κ3) is 4.76. The lowest BCUT2D eigenvalue weighted by Crippen LogP contribution is -2.48. The molecule has 0 spiro atoms. The highest BCUT2D eigenvalue weighted by Gasteiger charge is 2.31. The Morgan fingerprint density at radius 2 is 2.15 bits per heavy atom. The van der Waals surface area contributed by atoms with Crippen molar-refractivity contribution < 1.29 is 27.4 Å². The molecule has 1 N–H and O–H groups in total. The number of rotatable bonds is 5. The van der Waals surface area contributed by atoms with Gasteiger partial charge in [-0.05, 0) is 19.9 Å². The molecule has 2 aromatic rings. The van der Waals surface area contributed by atoms with Crippen LogP contribution >= 0.6 is 0 Å². The lowest BCUT2D eigenvalue weighted by Gasteiger charge is -2.25. The summed E-state index contributed by atoms with van der Waals surface area (Å²) in [4.78, 5) is 20.3. The molecule has 0 atom stereocenters. The lowest BCUT2D eigenvalue weighted by atomic mass is 10.1. The van der Waals surface area contributed by atoms with Gasteiger partial charge in [0.25, 0.3) is 5.91 Å². The quantitative estimate of drug-likeness (QED) is 0.857. The van der Waals surface area contributed by atoms with Gasteiger partial charge in [0.15, 0.2) is 0 Å². The standard InChI is InChI=1S/C17H19F3N4O3/c1-16(2,10-27-14-4-3-11(7-21-14)17(18,19)20)23-15(25)12-8-24-5-6-26-9-13(24)22-12/h3-4,7-8H,5-6,9-10H2,1-2H3,(H,23,25). The van der Waals surface area contributed by atoms with Crippen molar-refractivity contribution in [2.24, 2.45) is 0 Å². The zero-order valence-corrected chi connectivity index (χ0v) is 14.8. The Morgan fingerprint density at radius 1 is 1.37 bits per heavy atom. The molecule has 1 aliphatic heterocycles. The van der Waals surface area contributed by atoms with E-state index >= 15 is 0 Å². The van der Waals surface area contributed by atoms with Crippen LogP contribution in [0.2, 0.25) is 0 Å².